The van der Waals surface area contributed by atoms with Gasteiger partial charge in [0.2, 0.25) is 5.91 Å². The van der Waals surface area contributed by atoms with Crippen molar-refractivity contribution in [2.45, 2.75) is 31.8 Å². The maximum atomic E-state index is 12.2. The largest absolute Gasteiger partial charge is 0.497 e. The Bertz CT molecular complexity index is 821. The number of furan rings is 1. The quantitative estimate of drug-likeness (QED) is 0.251. The zero-order chi connectivity index (χ0) is 21.9. The monoisotopic (exact) mass is 555 g/mol. The average molecular weight is 555 g/mol. The van der Waals surface area contributed by atoms with E-state index in [1.54, 1.807) is 20.4 Å². The van der Waals surface area contributed by atoms with Gasteiger partial charge in [0.25, 0.3) is 0 Å². The number of likely N-dealkylation sites (tertiary alicyclic amines) is 1. The topological polar surface area (TPSA) is 91.1 Å². The molecule has 0 radical (unpaired) electrons. The first-order valence-electron chi connectivity index (χ1n) is 10.8. The first kappa shape index (κ1) is 26.0. The number of ether oxygens (including phenoxy) is 1. The molecule has 0 saturated carbocycles. The minimum absolute atomic E-state index is 0. The average Bonchev–Trinajstić information content (AvgIpc) is 3.35. The van der Waals surface area contributed by atoms with Crippen LogP contribution in [0.15, 0.2) is 52.1 Å². The van der Waals surface area contributed by atoms with E-state index in [1.807, 2.05) is 36.4 Å². The van der Waals surface area contributed by atoms with Crippen LogP contribution in [-0.4, -0.2) is 57.1 Å². The maximum Gasteiger partial charge on any atom is 0.239 e. The molecule has 1 aliphatic heterocycles. The molecule has 3 rings (SSSR count). The normalized spacial score (nSPS) is 15.4. The summed E-state index contributed by atoms with van der Waals surface area (Å²) in [5.41, 5.74) is 1.01. The number of methoxy groups -OCH3 is 1. The molecule has 1 unspecified atom stereocenters. The molecule has 176 valence electrons. The predicted octanol–water partition coefficient (Wildman–Crippen LogP) is 2.91. The van der Waals surface area contributed by atoms with Crippen molar-refractivity contribution in [1.82, 2.24) is 20.9 Å². The molecule has 1 fully saturated rings. The van der Waals surface area contributed by atoms with Gasteiger partial charge in [-0.2, -0.15) is 0 Å². The van der Waals surface area contributed by atoms with Gasteiger partial charge >= 0.3 is 0 Å². The fourth-order valence-corrected chi connectivity index (χ4v) is 3.71. The zero-order valence-electron chi connectivity index (χ0n) is 18.8. The van der Waals surface area contributed by atoms with Gasteiger partial charge in [0.1, 0.15) is 11.5 Å². The molecular weight excluding hydrogens is 521 g/mol. The Morgan fingerprint density at radius 3 is 2.50 bits per heavy atom. The third-order valence-corrected chi connectivity index (χ3v) is 5.45. The van der Waals surface area contributed by atoms with Gasteiger partial charge in [0, 0.05) is 20.1 Å². The van der Waals surface area contributed by atoms with Crippen LogP contribution in [0.3, 0.4) is 0 Å². The second-order valence-electron chi connectivity index (χ2n) is 7.56. The number of benzene rings is 1. The molecule has 9 heteroatoms. The van der Waals surface area contributed by atoms with E-state index in [2.05, 4.69) is 25.8 Å². The molecule has 2 aromatic rings. The van der Waals surface area contributed by atoms with Crippen molar-refractivity contribution in [1.29, 1.82) is 0 Å². The summed E-state index contributed by atoms with van der Waals surface area (Å²) in [6, 6.07) is 11.7. The first-order valence-corrected chi connectivity index (χ1v) is 10.8. The second-order valence-corrected chi connectivity index (χ2v) is 7.56. The molecule has 1 amide bonds. The van der Waals surface area contributed by atoms with Crippen molar-refractivity contribution >= 4 is 35.8 Å². The summed E-state index contributed by atoms with van der Waals surface area (Å²) >= 11 is 0. The minimum Gasteiger partial charge on any atom is -0.497 e. The molecule has 1 atom stereocenters. The third-order valence-electron chi connectivity index (χ3n) is 5.45. The van der Waals surface area contributed by atoms with E-state index in [0.717, 1.165) is 30.2 Å². The van der Waals surface area contributed by atoms with Crippen molar-refractivity contribution in [3.8, 4) is 5.75 Å². The van der Waals surface area contributed by atoms with Crippen LogP contribution in [0, 0.1) is 0 Å². The number of piperidine rings is 1. The lowest BCUT2D eigenvalue weighted by Crippen LogP contribution is -2.46. The fraction of sp³-hybridized carbons (Fsp3) is 0.478. The Hall–Kier alpha value is -2.27. The molecule has 0 aliphatic carbocycles. The first-order chi connectivity index (χ1) is 15.2. The fourth-order valence-electron chi connectivity index (χ4n) is 3.71. The Kier molecular flexibility index (Phi) is 11.4. The van der Waals surface area contributed by atoms with E-state index in [0.29, 0.717) is 19.0 Å². The van der Waals surface area contributed by atoms with Crippen molar-refractivity contribution in [2.75, 3.05) is 40.3 Å². The van der Waals surface area contributed by atoms with Crippen LogP contribution in [0.25, 0.3) is 0 Å². The van der Waals surface area contributed by atoms with Gasteiger partial charge in [-0.1, -0.05) is 18.6 Å². The summed E-state index contributed by atoms with van der Waals surface area (Å²) < 4.78 is 10.8. The van der Waals surface area contributed by atoms with Gasteiger partial charge in [-0.05, 0) is 55.8 Å². The Labute approximate surface area is 207 Å². The third kappa shape index (κ3) is 8.01. The van der Waals surface area contributed by atoms with Gasteiger partial charge < -0.3 is 25.1 Å². The smallest absolute Gasteiger partial charge is 0.239 e. The number of rotatable bonds is 9. The summed E-state index contributed by atoms with van der Waals surface area (Å²) in [6.45, 7) is 3.39. The number of hydrogen-bond acceptors (Lipinski definition) is 5. The summed E-state index contributed by atoms with van der Waals surface area (Å²) in [5, 5.41) is 9.33. The summed E-state index contributed by atoms with van der Waals surface area (Å²) in [4.78, 5) is 18.9. The number of carbonyl (C=O) groups is 1. The second kappa shape index (κ2) is 14.0. The zero-order valence-corrected chi connectivity index (χ0v) is 21.1. The van der Waals surface area contributed by atoms with Gasteiger partial charge in [-0.3, -0.25) is 14.7 Å². The molecule has 0 bridgehead atoms. The highest BCUT2D eigenvalue weighted by Crippen LogP contribution is 2.24. The van der Waals surface area contributed by atoms with Crippen molar-refractivity contribution < 1.29 is 13.9 Å². The van der Waals surface area contributed by atoms with Crippen LogP contribution in [-0.2, 0) is 11.3 Å². The number of halogens is 1. The van der Waals surface area contributed by atoms with Gasteiger partial charge in [-0.25, -0.2) is 0 Å². The molecule has 1 saturated heterocycles. The molecule has 1 aliphatic rings. The molecule has 3 N–H and O–H groups in total. The standard InChI is InChI=1S/C23H33N5O3.HI/c1-24-23(27-17-22(29)25-15-18-8-10-19(30-2)11-9-18)26-16-20(21-7-6-14-31-21)28-12-4-3-5-13-28;/h6-11,14,20H,3-5,12-13,15-17H2,1-2H3,(H,25,29)(H2,24,26,27);1H. The summed E-state index contributed by atoms with van der Waals surface area (Å²) in [7, 11) is 3.33. The van der Waals surface area contributed by atoms with Gasteiger partial charge in [0.05, 0.1) is 26.0 Å². The summed E-state index contributed by atoms with van der Waals surface area (Å²) in [5.74, 6) is 2.23. The van der Waals surface area contributed by atoms with Crippen molar-refractivity contribution in [3.05, 3.63) is 54.0 Å². The molecule has 0 spiro atoms. The van der Waals surface area contributed by atoms with Crippen LogP contribution in [0.1, 0.15) is 36.6 Å². The SMILES string of the molecule is CN=C(NCC(=O)NCc1ccc(OC)cc1)NCC(c1ccco1)N1CCCCC1.I. The van der Waals surface area contributed by atoms with Crippen LogP contribution < -0.4 is 20.7 Å². The predicted molar refractivity (Wildman–Crippen MR) is 136 cm³/mol. The number of aliphatic imine (C=N–C) groups is 1. The van der Waals surface area contributed by atoms with E-state index >= 15 is 0 Å². The van der Waals surface area contributed by atoms with Crippen LogP contribution in [0.4, 0.5) is 0 Å². The Balaban J connectivity index is 0.00000363. The lowest BCUT2D eigenvalue weighted by Gasteiger charge is -2.33. The Morgan fingerprint density at radius 1 is 1.12 bits per heavy atom. The number of carbonyl (C=O) groups excluding carboxylic acids is 1. The maximum absolute atomic E-state index is 12.2. The lowest BCUT2D eigenvalue weighted by molar-refractivity contribution is -0.120. The lowest BCUT2D eigenvalue weighted by atomic mass is 10.1. The summed E-state index contributed by atoms with van der Waals surface area (Å²) in [6.07, 6.45) is 5.41. The van der Waals surface area contributed by atoms with Crippen molar-refractivity contribution in [3.63, 3.8) is 0 Å². The minimum atomic E-state index is -0.0996. The van der Waals surface area contributed by atoms with Gasteiger partial charge in [0.15, 0.2) is 5.96 Å². The molecular formula is C23H34IN5O3. The van der Waals surface area contributed by atoms with Crippen LogP contribution in [0.5, 0.6) is 5.75 Å². The van der Waals surface area contributed by atoms with E-state index < -0.39 is 0 Å². The number of hydrogen-bond donors (Lipinski definition) is 3. The van der Waals surface area contributed by atoms with E-state index in [4.69, 9.17) is 9.15 Å². The highest BCUT2D eigenvalue weighted by atomic mass is 127. The molecule has 1 aromatic heterocycles. The highest BCUT2D eigenvalue weighted by Gasteiger charge is 2.24. The highest BCUT2D eigenvalue weighted by molar-refractivity contribution is 14.0. The molecule has 8 nitrogen and oxygen atoms in total. The molecule has 2 heterocycles. The van der Waals surface area contributed by atoms with E-state index in [-0.39, 0.29) is 42.5 Å². The number of guanidine groups is 1. The number of nitrogens with zero attached hydrogens (tertiary/aromatic N) is 2. The number of nitrogens with one attached hydrogen (secondary N) is 3. The molecule has 1 aromatic carbocycles. The van der Waals surface area contributed by atoms with E-state index in [1.165, 1.54) is 19.3 Å². The molecule has 32 heavy (non-hydrogen) atoms. The van der Waals surface area contributed by atoms with E-state index in [9.17, 15) is 4.79 Å². The van der Waals surface area contributed by atoms with Gasteiger partial charge in [-0.15, -0.1) is 24.0 Å². The van der Waals surface area contributed by atoms with Crippen LogP contribution in [0.2, 0.25) is 0 Å². The number of amides is 1. The van der Waals surface area contributed by atoms with Crippen LogP contribution >= 0.6 is 24.0 Å². The Morgan fingerprint density at radius 2 is 1.88 bits per heavy atom. The van der Waals surface area contributed by atoms with Crippen molar-refractivity contribution in [2.24, 2.45) is 4.99 Å².